The lowest BCUT2D eigenvalue weighted by Gasteiger charge is -2.07. The summed E-state index contributed by atoms with van der Waals surface area (Å²) in [5.41, 5.74) is 2.16. The Morgan fingerprint density at radius 3 is 2.92 bits per heavy atom. The number of carbonyl (C=O) groups is 1. The largest absolute Gasteiger partial charge is 0.496 e. The van der Waals surface area contributed by atoms with Crippen molar-refractivity contribution in [1.29, 1.82) is 0 Å². The number of para-hydroxylation sites is 1. The van der Waals surface area contributed by atoms with Crippen molar-refractivity contribution < 1.29 is 13.9 Å². The predicted molar refractivity (Wildman–Crippen MR) is 101 cm³/mol. The van der Waals surface area contributed by atoms with Gasteiger partial charge in [0, 0.05) is 5.56 Å². The van der Waals surface area contributed by atoms with Crippen molar-refractivity contribution in [3.63, 3.8) is 0 Å². The average Bonchev–Trinajstić information content (AvgIpc) is 2.94. The van der Waals surface area contributed by atoms with E-state index in [2.05, 4.69) is 10.9 Å². The Bertz CT molecular complexity index is 1090. The standard InChI is InChI=1S/C20H17FN2O2S/c1-4-10-23-19-15(21)6-5-7-17(19)26-20(23)22-18(24)12-14-11-13(2)8-9-16(14)25-3/h1,5-9,11H,10,12H2,2-3H3. The molecule has 0 fully saturated rings. The molecule has 0 aliphatic heterocycles. The first-order valence-electron chi connectivity index (χ1n) is 7.96. The van der Waals surface area contributed by atoms with Gasteiger partial charge in [0.1, 0.15) is 11.6 Å². The third-order valence-corrected chi connectivity index (χ3v) is 4.94. The Morgan fingerprint density at radius 2 is 2.19 bits per heavy atom. The van der Waals surface area contributed by atoms with E-state index < -0.39 is 0 Å². The van der Waals surface area contributed by atoms with E-state index in [9.17, 15) is 9.18 Å². The number of methoxy groups -OCH3 is 1. The molecule has 0 spiro atoms. The van der Waals surface area contributed by atoms with Crippen LogP contribution in [0.2, 0.25) is 0 Å². The van der Waals surface area contributed by atoms with Gasteiger partial charge in [-0.3, -0.25) is 4.79 Å². The maximum Gasteiger partial charge on any atom is 0.252 e. The number of benzene rings is 2. The van der Waals surface area contributed by atoms with Crippen LogP contribution in [0.15, 0.2) is 41.4 Å². The van der Waals surface area contributed by atoms with Crippen LogP contribution in [0.5, 0.6) is 5.75 Å². The number of nitrogens with zero attached hydrogens (tertiary/aromatic N) is 2. The highest BCUT2D eigenvalue weighted by molar-refractivity contribution is 7.16. The summed E-state index contributed by atoms with van der Waals surface area (Å²) in [6.45, 7) is 2.08. The maximum atomic E-state index is 14.2. The van der Waals surface area contributed by atoms with Crippen LogP contribution < -0.4 is 9.54 Å². The molecule has 3 aromatic rings. The summed E-state index contributed by atoms with van der Waals surface area (Å²) in [5.74, 6) is 2.40. The summed E-state index contributed by atoms with van der Waals surface area (Å²) in [4.78, 5) is 17.1. The summed E-state index contributed by atoms with van der Waals surface area (Å²) in [6, 6.07) is 10.4. The first-order valence-corrected chi connectivity index (χ1v) is 8.77. The number of hydrogen-bond acceptors (Lipinski definition) is 3. The van der Waals surface area contributed by atoms with Crippen molar-refractivity contribution in [3.05, 3.63) is 58.1 Å². The summed E-state index contributed by atoms with van der Waals surface area (Å²) < 4.78 is 21.7. The van der Waals surface area contributed by atoms with Gasteiger partial charge in [-0.05, 0) is 25.1 Å². The number of hydrogen-bond donors (Lipinski definition) is 0. The molecule has 2 aromatic carbocycles. The van der Waals surface area contributed by atoms with Gasteiger partial charge in [-0.15, -0.1) is 6.42 Å². The molecule has 26 heavy (non-hydrogen) atoms. The highest BCUT2D eigenvalue weighted by Gasteiger charge is 2.13. The molecule has 132 valence electrons. The number of carbonyl (C=O) groups excluding carboxylic acids is 1. The van der Waals surface area contributed by atoms with Crippen LogP contribution in [0.1, 0.15) is 11.1 Å². The first kappa shape index (κ1) is 17.9. The van der Waals surface area contributed by atoms with Gasteiger partial charge in [0.2, 0.25) is 0 Å². The quantitative estimate of drug-likeness (QED) is 0.662. The van der Waals surface area contributed by atoms with Crippen molar-refractivity contribution in [3.8, 4) is 18.1 Å². The highest BCUT2D eigenvalue weighted by atomic mass is 32.1. The fourth-order valence-corrected chi connectivity index (χ4v) is 3.83. The number of ether oxygens (including phenoxy) is 1. The second-order valence-electron chi connectivity index (χ2n) is 5.76. The van der Waals surface area contributed by atoms with Crippen molar-refractivity contribution in [2.24, 2.45) is 4.99 Å². The van der Waals surface area contributed by atoms with Gasteiger partial charge in [0.25, 0.3) is 5.91 Å². The lowest BCUT2D eigenvalue weighted by atomic mass is 10.1. The van der Waals surface area contributed by atoms with E-state index in [4.69, 9.17) is 11.2 Å². The summed E-state index contributed by atoms with van der Waals surface area (Å²) in [6.07, 6.45) is 5.50. The van der Waals surface area contributed by atoms with E-state index in [1.807, 2.05) is 25.1 Å². The number of fused-ring (bicyclic) bond motifs is 1. The summed E-state index contributed by atoms with van der Waals surface area (Å²) in [7, 11) is 1.56. The highest BCUT2D eigenvalue weighted by Crippen LogP contribution is 2.22. The third-order valence-electron chi connectivity index (χ3n) is 3.90. The molecule has 0 saturated carbocycles. The number of rotatable bonds is 4. The number of amides is 1. The molecule has 0 N–H and O–H groups in total. The van der Waals surface area contributed by atoms with E-state index in [1.165, 1.54) is 17.4 Å². The Hall–Kier alpha value is -2.91. The molecule has 1 heterocycles. The molecular weight excluding hydrogens is 351 g/mol. The molecule has 0 atom stereocenters. The van der Waals surface area contributed by atoms with Gasteiger partial charge in [-0.1, -0.05) is 41.0 Å². The second kappa shape index (κ2) is 7.54. The Kier molecular flexibility index (Phi) is 5.19. The SMILES string of the molecule is C#CCn1c(=NC(=O)Cc2cc(C)ccc2OC)sc2cccc(F)c21. The van der Waals surface area contributed by atoms with E-state index in [1.54, 1.807) is 23.8 Å². The number of aryl methyl sites for hydroxylation is 1. The molecule has 0 aliphatic carbocycles. The number of thiazole rings is 1. The Labute approximate surface area is 154 Å². The first-order chi connectivity index (χ1) is 12.5. The molecule has 3 rings (SSSR count). The Morgan fingerprint density at radius 1 is 1.38 bits per heavy atom. The van der Waals surface area contributed by atoms with E-state index in [0.29, 0.717) is 20.8 Å². The van der Waals surface area contributed by atoms with Gasteiger partial charge in [0.05, 0.1) is 30.3 Å². The zero-order valence-electron chi connectivity index (χ0n) is 14.5. The monoisotopic (exact) mass is 368 g/mol. The van der Waals surface area contributed by atoms with Gasteiger partial charge < -0.3 is 9.30 Å². The van der Waals surface area contributed by atoms with Crippen molar-refractivity contribution in [2.75, 3.05) is 7.11 Å². The minimum Gasteiger partial charge on any atom is -0.496 e. The minimum atomic E-state index is -0.386. The smallest absolute Gasteiger partial charge is 0.252 e. The second-order valence-corrected chi connectivity index (χ2v) is 6.77. The van der Waals surface area contributed by atoms with Crippen LogP contribution >= 0.6 is 11.3 Å². The fourth-order valence-electron chi connectivity index (χ4n) is 2.76. The normalized spacial score (nSPS) is 11.5. The zero-order valence-corrected chi connectivity index (χ0v) is 15.3. The molecule has 4 nitrogen and oxygen atoms in total. The number of halogens is 1. The molecule has 1 amide bonds. The average molecular weight is 368 g/mol. The van der Waals surface area contributed by atoms with Crippen molar-refractivity contribution in [2.45, 2.75) is 19.9 Å². The van der Waals surface area contributed by atoms with E-state index >= 15 is 0 Å². The lowest BCUT2D eigenvalue weighted by Crippen LogP contribution is -2.17. The van der Waals surface area contributed by atoms with Crippen LogP contribution in [0.3, 0.4) is 0 Å². The zero-order chi connectivity index (χ0) is 18.7. The molecule has 0 bridgehead atoms. The molecule has 0 unspecified atom stereocenters. The van der Waals surface area contributed by atoms with Gasteiger partial charge in [-0.2, -0.15) is 4.99 Å². The van der Waals surface area contributed by atoms with E-state index in [-0.39, 0.29) is 24.7 Å². The molecule has 1 aromatic heterocycles. The molecule has 0 aliphatic rings. The van der Waals surface area contributed by atoms with E-state index in [0.717, 1.165) is 11.1 Å². The predicted octanol–water partition coefficient (Wildman–Crippen LogP) is 3.46. The van der Waals surface area contributed by atoms with Crippen molar-refractivity contribution in [1.82, 2.24) is 4.57 Å². The molecular formula is C20H17FN2O2S. The van der Waals surface area contributed by atoms with Crippen LogP contribution in [0.25, 0.3) is 10.2 Å². The molecule has 6 heteroatoms. The van der Waals surface area contributed by atoms with Gasteiger partial charge in [0.15, 0.2) is 4.80 Å². The van der Waals surface area contributed by atoms with Crippen molar-refractivity contribution >= 4 is 27.5 Å². The third kappa shape index (κ3) is 3.53. The fraction of sp³-hybridized carbons (Fsp3) is 0.200. The van der Waals surface area contributed by atoms with Crippen LogP contribution in [-0.4, -0.2) is 17.6 Å². The number of terminal acetylenes is 1. The van der Waals surface area contributed by atoms with Gasteiger partial charge in [-0.25, -0.2) is 4.39 Å². The Balaban J connectivity index is 2.04. The van der Waals surface area contributed by atoms with Crippen LogP contribution in [0, 0.1) is 25.1 Å². The van der Waals surface area contributed by atoms with Gasteiger partial charge >= 0.3 is 0 Å². The summed E-state index contributed by atoms with van der Waals surface area (Å²) in [5, 5.41) is 0. The van der Waals surface area contributed by atoms with Crippen LogP contribution in [-0.2, 0) is 17.8 Å². The number of aromatic nitrogens is 1. The minimum absolute atomic E-state index is 0.0949. The summed E-state index contributed by atoms with van der Waals surface area (Å²) >= 11 is 1.24. The lowest BCUT2D eigenvalue weighted by molar-refractivity contribution is -0.117. The topological polar surface area (TPSA) is 43.6 Å². The van der Waals surface area contributed by atoms with Crippen LogP contribution in [0.4, 0.5) is 4.39 Å². The maximum absolute atomic E-state index is 14.2. The molecule has 0 radical (unpaired) electrons. The molecule has 0 saturated heterocycles.